The lowest BCUT2D eigenvalue weighted by Crippen LogP contribution is -1.94. The summed E-state index contributed by atoms with van der Waals surface area (Å²) in [5.74, 6) is 1.05. The molecule has 0 N–H and O–H groups in total. The third-order valence-corrected chi connectivity index (χ3v) is 4.74. The molecule has 1 nitrogen and oxygen atoms in total. The Labute approximate surface area is 122 Å². The van der Waals surface area contributed by atoms with Crippen LogP contribution in [-0.4, -0.2) is 6.61 Å². The lowest BCUT2D eigenvalue weighted by molar-refractivity contribution is 0.357. The van der Waals surface area contributed by atoms with E-state index in [1.54, 1.807) is 0 Å². The maximum Gasteiger partial charge on any atom is 0.122 e. The third-order valence-electron chi connectivity index (χ3n) is 3.69. The van der Waals surface area contributed by atoms with E-state index >= 15 is 0 Å². The smallest absolute Gasteiger partial charge is 0.122 e. The molecule has 1 aliphatic heterocycles. The Kier molecular flexibility index (Phi) is 3.61. The Morgan fingerprint density at radius 3 is 2.58 bits per heavy atom. The molecular weight excluding hydrogens is 300 g/mol. The van der Waals surface area contributed by atoms with Gasteiger partial charge in [0.15, 0.2) is 0 Å². The Morgan fingerprint density at radius 2 is 1.84 bits per heavy atom. The van der Waals surface area contributed by atoms with Gasteiger partial charge in [0.1, 0.15) is 5.75 Å². The summed E-state index contributed by atoms with van der Waals surface area (Å²) < 4.78 is 5.55. The topological polar surface area (TPSA) is 9.23 Å². The molecule has 0 saturated heterocycles. The van der Waals surface area contributed by atoms with Crippen LogP contribution in [0, 0.1) is 0 Å². The number of halogens is 1. The number of alkyl halides is 1. The molecule has 0 aromatic heterocycles. The first-order chi connectivity index (χ1) is 9.28. The van der Waals surface area contributed by atoms with Crippen LogP contribution in [0.4, 0.5) is 0 Å². The van der Waals surface area contributed by atoms with Crippen LogP contribution in [0.3, 0.4) is 0 Å². The van der Waals surface area contributed by atoms with Gasteiger partial charge < -0.3 is 4.74 Å². The standard InChI is InChI=1S/C17H17BrO/c1-2-12-3-5-13(6-4-12)17(18)15-7-8-16-14(11-15)9-10-19-16/h3-8,11,17H,2,9-10H2,1H3. The Bertz CT molecular complexity index is 574. The van der Waals surface area contributed by atoms with E-state index < -0.39 is 0 Å². The molecule has 1 heterocycles. The van der Waals surface area contributed by atoms with Crippen LogP contribution in [0.5, 0.6) is 5.75 Å². The van der Waals surface area contributed by atoms with E-state index in [-0.39, 0.29) is 4.83 Å². The molecule has 0 aliphatic carbocycles. The van der Waals surface area contributed by atoms with Crippen LogP contribution in [0.1, 0.15) is 34.0 Å². The molecule has 1 atom stereocenters. The second-order valence-electron chi connectivity index (χ2n) is 4.92. The number of aryl methyl sites for hydroxylation is 1. The minimum atomic E-state index is 0.254. The summed E-state index contributed by atoms with van der Waals surface area (Å²) in [6.45, 7) is 3.00. The minimum Gasteiger partial charge on any atom is -0.493 e. The SMILES string of the molecule is CCc1ccc(C(Br)c2ccc3c(c2)CCO3)cc1. The van der Waals surface area contributed by atoms with Gasteiger partial charge in [-0.1, -0.05) is 59.3 Å². The molecular formula is C17H17BrO. The van der Waals surface area contributed by atoms with Gasteiger partial charge >= 0.3 is 0 Å². The summed E-state index contributed by atoms with van der Waals surface area (Å²) in [5, 5.41) is 0. The number of fused-ring (bicyclic) bond motifs is 1. The van der Waals surface area contributed by atoms with Crippen molar-refractivity contribution in [1.29, 1.82) is 0 Å². The normalized spacial score (nSPS) is 14.8. The summed E-state index contributed by atoms with van der Waals surface area (Å²) in [5.41, 5.74) is 5.31. The van der Waals surface area contributed by atoms with Crippen molar-refractivity contribution in [1.82, 2.24) is 0 Å². The van der Waals surface area contributed by atoms with Gasteiger partial charge in [0, 0.05) is 6.42 Å². The van der Waals surface area contributed by atoms with Crippen molar-refractivity contribution in [2.75, 3.05) is 6.61 Å². The van der Waals surface area contributed by atoms with Crippen molar-refractivity contribution >= 4 is 15.9 Å². The number of benzene rings is 2. The highest BCUT2D eigenvalue weighted by molar-refractivity contribution is 9.09. The first kappa shape index (κ1) is 12.7. The average Bonchev–Trinajstić information content (AvgIpc) is 2.94. The van der Waals surface area contributed by atoms with Gasteiger partial charge in [-0.2, -0.15) is 0 Å². The molecule has 1 unspecified atom stereocenters. The van der Waals surface area contributed by atoms with Gasteiger partial charge in [-0.05, 0) is 34.7 Å². The maximum absolute atomic E-state index is 5.55. The molecule has 2 aromatic rings. The third kappa shape index (κ3) is 2.55. The zero-order valence-electron chi connectivity index (χ0n) is 11.0. The predicted molar refractivity (Wildman–Crippen MR) is 82.2 cm³/mol. The minimum absolute atomic E-state index is 0.254. The summed E-state index contributed by atoms with van der Waals surface area (Å²) in [6.07, 6.45) is 2.11. The zero-order chi connectivity index (χ0) is 13.2. The average molecular weight is 317 g/mol. The molecule has 0 fully saturated rings. The lowest BCUT2D eigenvalue weighted by Gasteiger charge is -2.12. The van der Waals surface area contributed by atoms with E-state index in [1.807, 2.05) is 0 Å². The van der Waals surface area contributed by atoms with Crippen LogP contribution in [0.2, 0.25) is 0 Å². The summed E-state index contributed by atoms with van der Waals surface area (Å²) in [7, 11) is 0. The fourth-order valence-corrected chi connectivity index (χ4v) is 3.07. The lowest BCUT2D eigenvalue weighted by atomic mass is 10.0. The molecule has 0 spiro atoms. The summed E-state index contributed by atoms with van der Waals surface area (Å²) in [6, 6.07) is 15.3. The summed E-state index contributed by atoms with van der Waals surface area (Å²) in [4.78, 5) is 0.254. The van der Waals surface area contributed by atoms with Crippen LogP contribution in [-0.2, 0) is 12.8 Å². The van der Waals surface area contributed by atoms with Crippen molar-refractivity contribution < 1.29 is 4.74 Å². The predicted octanol–water partition coefficient (Wildman–Crippen LogP) is 4.67. The molecule has 2 heteroatoms. The zero-order valence-corrected chi connectivity index (χ0v) is 12.6. The van der Waals surface area contributed by atoms with Crippen LogP contribution < -0.4 is 4.74 Å². The quantitative estimate of drug-likeness (QED) is 0.748. The van der Waals surface area contributed by atoms with E-state index in [2.05, 4.69) is 65.3 Å². The Hall–Kier alpha value is -1.28. The second-order valence-corrected chi connectivity index (χ2v) is 5.84. The molecule has 1 aliphatic rings. The van der Waals surface area contributed by atoms with Crippen LogP contribution in [0.25, 0.3) is 0 Å². The molecule has 0 amide bonds. The Morgan fingerprint density at radius 1 is 1.11 bits per heavy atom. The fraction of sp³-hybridized carbons (Fsp3) is 0.294. The van der Waals surface area contributed by atoms with E-state index in [0.29, 0.717) is 0 Å². The van der Waals surface area contributed by atoms with E-state index in [4.69, 9.17) is 4.74 Å². The van der Waals surface area contributed by atoms with E-state index in [9.17, 15) is 0 Å². The summed E-state index contributed by atoms with van der Waals surface area (Å²) >= 11 is 3.81. The van der Waals surface area contributed by atoms with Gasteiger partial charge in [0.25, 0.3) is 0 Å². The van der Waals surface area contributed by atoms with Crippen molar-refractivity contribution in [2.24, 2.45) is 0 Å². The second kappa shape index (κ2) is 5.38. The molecule has 3 rings (SSSR count). The van der Waals surface area contributed by atoms with Crippen LogP contribution in [0.15, 0.2) is 42.5 Å². The van der Waals surface area contributed by atoms with Gasteiger partial charge in [0.05, 0.1) is 11.4 Å². The molecule has 0 radical (unpaired) electrons. The van der Waals surface area contributed by atoms with Crippen molar-refractivity contribution in [3.63, 3.8) is 0 Å². The molecule has 2 aromatic carbocycles. The van der Waals surface area contributed by atoms with Crippen molar-refractivity contribution in [3.8, 4) is 5.75 Å². The molecule has 0 saturated carbocycles. The first-order valence-corrected chi connectivity index (χ1v) is 7.68. The number of ether oxygens (including phenoxy) is 1. The van der Waals surface area contributed by atoms with E-state index in [1.165, 1.54) is 22.3 Å². The monoisotopic (exact) mass is 316 g/mol. The first-order valence-electron chi connectivity index (χ1n) is 6.76. The highest BCUT2D eigenvalue weighted by Gasteiger charge is 2.16. The van der Waals surface area contributed by atoms with Crippen molar-refractivity contribution in [3.05, 3.63) is 64.7 Å². The van der Waals surface area contributed by atoms with Gasteiger partial charge in [-0.25, -0.2) is 0 Å². The van der Waals surface area contributed by atoms with Gasteiger partial charge in [-0.15, -0.1) is 0 Å². The fourth-order valence-electron chi connectivity index (χ4n) is 2.48. The van der Waals surface area contributed by atoms with Gasteiger partial charge in [-0.3, -0.25) is 0 Å². The number of hydrogen-bond donors (Lipinski definition) is 0. The number of rotatable bonds is 3. The van der Waals surface area contributed by atoms with Crippen LogP contribution >= 0.6 is 15.9 Å². The highest BCUT2D eigenvalue weighted by atomic mass is 79.9. The van der Waals surface area contributed by atoms with Crippen molar-refractivity contribution in [2.45, 2.75) is 24.6 Å². The number of hydrogen-bond acceptors (Lipinski definition) is 1. The maximum atomic E-state index is 5.55. The van der Waals surface area contributed by atoms with E-state index in [0.717, 1.165) is 25.2 Å². The Balaban J connectivity index is 1.88. The van der Waals surface area contributed by atoms with Gasteiger partial charge in [0.2, 0.25) is 0 Å². The molecule has 0 bridgehead atoms. The highest BCUT2D eigenvalue weighted by Crippen LogP contribution is 2.35. The molecule has 98 valence electrons. The molecule has 19 heavy (non-hydrogen) atoms. The largest absolute Gasteiger partial charge is 0.493 e.